The SMILES string of the molecule is CC(C)[C@]12C[C@@H](C#N)[C@](C)(CC[C@@H]1O)O2. The normalized spacial score (nSPS) is 49.3. The molecule has 3 nitrogen and oxygen atoms in total. The molecule has 2 saturated heterocycles. The molecule has 0 saturated carbocycles. The van der Waals surface area contributed by atoms with Crippen molar-refractivity contribution >= 4 is 0 Å². The van der Waals surface area contributed by atoms with Gasteiger partial charge in [0.2, 0.25) is 0 Å². The standard InChI is InChI=1S/C12H19NO2/c1-8(2)12-6-9(7-13)11(3,15-12)5-4-10(12)14/h8-10,14H,4-6H2,1-3H3/t9-,10-,11-,12+/m0/s1. The van der Waals surface area contributed by atoms with Crippen molar-refractivity contribution in [1.82, 2.24) is 0 Å². The molecule has 0 radical (unpaired) electrons. The fourth-order valence-corrected chi connectivity index (χ4v) is 3.10. The van der Waals surface area contributed by atoms with Gasteiger partial charge in [-0.25, -0.2) is 0 Å². The Bertz CT molecular complexity index is 309. The highest BCUT2D eigenvalue weighted by atomic mass is 16.5. The Kier molecular flexibility index (Phi) is 2.33. The molecule has 2 bridgehead atoms. The second-order valence-corrected chi connectivity index (χ2v) is 5.46. The van der Waals surface area contributed by atoms with Crippen LogP contribution in [-0.4, -0.2) is 22.4 Å². The first-order valence-corrected chi connectivity index (χ1v) is 5.72. The first-order chi connectivity index (χ1) is 6.94. The number of fused-ring (bicyclic) bond motifs is 2. The third kappa shape index (κ3) is 1.32. The van der Waals surface area contributed by atoms with Gasteiger partial charge in [0.25, 0.3) is 0 Å². The van der Waals surface area contributed by atoms with Crippen LogP contribution in [0.3, 0.4) is 0 Å². The van der Waals surface area contributed by atoms with E-state index in [0.717, 1.165) is 12.8 Å². The molecule has 0 spiro atoms. The van der Waals surface area contributed by atoms with E-state index in [2.05, 4.69) is 19.9 Å². The zero-order valence-electron chi connectivity index (χ0n) is 9.66. The number of aliphatic hydroxyl groups excluding tert-OH is 1. The summed E-state index contributed by atoms with van der Waals surface area (Å²) in [6, 6.07) is 2.34. The minimum Gasteiger partial charge on any atom is -0.390 e. The highest BCUT2D eigenvalue weighted by Gasteiger charge is 2.61. The first kappa shape index (κ1) is 10.9. The second kappa shape index (κ2) is 3.20. The van der Waals surface area contributed by atoms with Crippen LogP contribution < -0.4 is 0 Å². The summed E-state index contributed by atoms with van der Waals surface area (Å²) >= 11 is 0. The number of aliphatic hydroxyl groups is 1. The van der Waals surface area contributed by atoms with Crippen LogP contribution in [-0.2, 0) is 4.74 Å². The highest BCUT2D eigenvalue weighted by molar-refractivity contribution is 5.14. The van der Waals surface area contributed by atoms with Crippen LogP contribution in [0.1, 0.15) is 40.0 Å². The molecule has 0 aromatic carbocycles. The van der Waals surface area contributed by atoms with E-state index in [1.165, 1.54) is 0 Å². The maximum absolute atomic E-state index is 10.1. The molecule has 2 aliphatic heterocycles. The van der Waals surface area contributed by atoms with Crippen LogP contribution in [0.2, 0.25) is 0 Å². The summed E-state index contributed by atoms with van der Waals surface area (Å²) in [7, 11) is 0. The molecule has 1 N–H and O–H groups in total. The van der Waals surface area contributed by atoms with Crippen LogP contribution in [0.25, 0.3) is 0 Å². The van der Waals surface area contributed by atoms with Crippen molar-refractivity contribution in [2.75, 3.05) is 0 Å². The molecule has 15 heavy (non-hydrogen) atoms. The van der Waals surface area contributed by atoms with Gasteiger partial charge in [-0.1, -0.05) is 13.8 Å². The Morgan fingerprint density at radius 1 is 1.53 bits per heavy atom. The minimum absolute atomic E-state index is 0.0722. The molecule has 84 valence electrons. The summed E-state index contributed by atoms with van der Waals surface area (Å²) in [6.07, 6.45) is 1.82. The topological polar surface area (TPSA) is 53.2 Å². The Hall–Kier alpha value is -0.590. The lowest BCUT2D eigenvalue weighted by atomic mass is 9.80. The number of hydrogen-bond acceptors (Lipinski definition) is 3. The van der Waals surface area contributed by atoms with E-state index in [0.29, 0.717) is 6.42 Å². The predicted molar refractivity (Wildman–Crippen MR) is 56.0 cm³/mol. The molecular formula is C12H19NO2. The predicted octanol–water partition coefficient (Wildman–Crippen LogP) is 1.85. The average Bonchev–Trinajstić information content (AvgIpc) is 2.44. The molecule has 2 heterocycles. The summed E-state index contributed by atoms with van der Waals surface area (Å²) < 4.78 is 6.08. The Balaban J connectivity index is 2.37. The van der Waals surface area contributed by atoms with E-state index in [4.69, 9.17) is 10.00 Å². The number of rotatable bonds is 1. The second-order valence-electron chi connectivity index (χ2n) is 5.46. The van der Waals surface area contributed by atoms with Gasteiger partial charge >= 0.3 is 0 Å². The first-order valence-electron chi connectivity index (χ1n) is 5.72. The molecular weight excluding hydrogens is 190 g/mol. The maximum Gasteiger partial charge on any atom is 0.0984 e. The zero-order chi connectivity index (χ0) is 11.3. The van der Waals surface area contributed by atoms with Crippen molar-refractivity contribution in [3.63, 3.8) is 0 Å². The lowest BCUT2D eigenvalue weighted by Crippen LogP contribution is -2.52. The summed E-state index contributed by atoms with van der Waals surface area (Å²) in [5.74, 6) is 0.183. The van der Waals surface area contributed by atoms with Crippen molar-refractivity contribution in [1.29, 1.82) is 5.26 Å². The van der Waals surface area contributed by atoms with E-state index in [-0.39, 0.29) is 17.4 Å². The lowest BCUT2D eigenvalue weighted by molar-refractivity contribution is -0.207. The van der Waals surface area contributed by atoms with Gasteiger partial charge in [-0.15, -0.1) is 0 Å². The van der Waals surface area contributed by atoms with Crippen LogP contribution in [0, 0.1) is 23.2 Å². The molecule has 0 aromatic rings. The number of nitrogens with zero attached hydrogens (tertiary/aromatic N) is 1. The highest BCUT2D eigenvalue weighted by Crippen LogP contribution is 2.54. The van der Waals surface area contributed by atoms with Gasteiger partial charge in [0.05, 0.1) is 29.3 Å². The van der Waals surface area contributed by atoms with E-state index in [1.54, 1.807) is 0 Å². The molecule has 2 rings (SSSR count). The monoisotopic (exact) mass is 209 g/mol. The quantitative estimate of drug-likeness (QED) is 0.717. The fraction of sp³-hybridized carbons (Fsp3) is 0.917. The van der Waals surface area contributed by atoms with Crippen LogP contribution in [0.4, 0.5) is 0 Å². The molecule has 0 aromatic heterocycles. The van der Waals surface area contributed by atoms with Crippen molar-refractivity contribution < 1.29 is 9.84 Å². The summed E-state index contributed by atoms with van der Waals surface area (Å²) in [5.41, 5.74) is -0.814. The third-order valence-corrected chi connectivity index (χ3v) is 4.29. The third-order valence-electron chi connectivity index (χ3n) is 4.29. The van der Waals surface area contributed by atoms with Crippen molar-refractivity contribution in [2.24, 2.45) is 11.8 Å². The number of hydrogen-bond donors (Lipinski definition) is 1. The largest absolute Gasteiger partial charge is 0.390 e. The Labute approximate surface area is 91.0 Å². The fourth-order valence-electron chi connectivity index (χ4n) is 3.10. The van der Waals surface area contributed by atoms with E-state index in [9.17, 15) is 5.11 Å². The molecule has 2 aliphatic rings. The Morgan fingerprint density at radius 3 is 2.67 bits per heavy atom. The van der Waals surface area contributed by atoms with Gasteiger partial charge in [-0.3, -0.25) is 0 Å². The van der Waals surface area contributed by atoms with Gasteiger partial charge in [0.15, 0.2) is 0 Å². The maximum atomic E-state index is 10.1. The van der Waals surface area contributed by atoms with Crippen LogP contribution in [0.5, 0.6) is 0 Å². The average molecular weight is 209 g/mol. The summed E-state index contributed by atoms with van der Waals surface area (Å²) in [6.45, 7) is 6.14. The number of ether oxygens (including phenoxy) is 1. The molecule has 3 heteroatoms. The summed E-state index contributed by atoms with van der Waals surface area (Å²) in [4.78, 5) is 0. The number of nitriles is 1. The zero-order valence-corrected chi connectivity index (χ0v) is 9.66. The minimum atomic E-state index is -0.479. The van der Waals surface area contributed by atoms with Gasteiger partial charge in [0, 0.05) is 0 Å². The molecule has 0 unspecified atom stereocenters. The summed E-state index contributed by atoms with van der Waals surface area (Å²) in [5, 5.41) is 19.3. The Morgan fingerprint density at radius 2 is 2.20 bits per heavy atom. The van der Waals surface area contributed by atoms with Crippen molar-refractivity contribution in [3.8, 4) is 6.07 Å². The van der Waals surface area contributed by atoms with Gasteiger partial charge in [0.1, 0.15) is 0 Å². The smallest absolute Gasteiger partial charge is 0.0984 e. The molecule has 0 amide bonds. The van der Waals surface area contributed by atoms with Crippen molar-refractivity contribution in [2.45, 2.75) is 57.3 Å². The van der Waals surface area contributed by atoms with E-state index >= 15 is 0 Å². The molecule has 0 aliphatic carbocycles. The van der Waals surface area contributed by atoms with Crippen LogP contribution in [0.15, 0.2) is 0 Å². The van der Waals surface area contributed by atoms with Gasteiger partial charge in [-0.05, 0) is 32.1 Å². The van der Waals surface area contributed by atoms with Gasteiger partial charge in [-0.2, -0.15) is 5.26 Å². The lowest BCUT2D eigenvalue weighted by Gasteiger charge is -2.44. The molecule has 4 atom stereocenters. The van der Waals surface area contributed by atoms with Crippen LogP contribution >= 0.6 is 0 Å². The van der Waals surface area contributed by atoms with Gasteiger partial charge < -0.3 is 9.84 Å². The van der Waals surface area contributed by atoms with E-state index < -0.39 is 11.7 Å². The van der Waals surface area contributed by atoms with E-state index in [1.807, 2.05) is 6.92 Å². The van der Waals surface area contributed by atoms with Crippen molar-refractivity contribution in [3.05, 3.63) is 0 Å². The molecule has 2 fully saturated rings.